The number of rotatable bonds is 6. The molecule has 0 saturated carbocycles. The first-order chi connectivity index (χ1) is 8.90. The number of hydrogen-bond acceptors (Lipinski definition) is 2. The van der Waals surface area contributed by atoms with Crippen molar-refractivity contribution in [3.8, 4) is 0 Å². The number of hydrogen-bond donors (Lipinski definition) is 2. The van der Waals surface area contributed by atoms with Gasteiger partial charge in [-0.2, -0.15) is 0 Å². The molecule has 0 bridgehead atoms. The number of aryl methyl sites for hydroxylation is 1. The van der Waals surface area contributed by atoms with Crippen LogP contribution in [0.15, 0.2) is 12.3 Å². The van der Waals surface area contributed by atoms with Crippen molar-refractivity contribution in [3.05, 3.63) is 23.0 Å². The van der Waals surface area contributed by atoms with E-state index in [-0.39, 0.29) is 0 Å². The van der Waals surface area contributed by atoms with Gasteiger partial charge in [0.2, 0.25) is 0 Å². The fourth-order valence-electron chi connectivity index (χ4n) is 1.99. The van der Waals surface area contributed by atoms with Crippen molar-refractivity contribution >= 4 is 23.5 Å². The molecule has 0 fully saturated rings. The van der Waals surface area contributed by atoms with E-state index in [0.717, 1.165) is 0 Å². The molecule has 0 atom stereocenters. The van der Waals surface area contributed by atoms with Gasteiger partial charge in [-0.05, 0) is 25.8 Å². The van der Waals surface area contributed by atoms with Crippen LogP contribution in [0, 0.1) is 0 Å². The second-order valence-electron chi connectivity index (χ2n) is 4.38. The molecule has 2 N–H and O–H groups in total. The molecular formula is C13H19ClN2O3. The standard InChI is InChI=1S/C13H19ClN2O3/c1-4-13(5-2,12(18)19)15-11(17)10-7-9(14)8-16(10)6-3/h7-8H,4-6H2,1-3H3,(H,15,17)(H,18,19). The van der Waals surface area contributed by atoms with Crippen LogP contribution in [0.4, 0.5) is 0 Å². The molecule has 19 heavy (non-hydrogen) atoms. The average Bonchev–Trinajstić information content (AvgIpc) is 2.76. The van der Waals surface area contributed by atoms with Crippen LogP contribution in [-0.4, -0.2) is 27.1 Å². The Morgan fingerprint density at radius 2 is 1.95 bits per heavy atom. The topological polar surface area (TPSA) is 71.3 Å². The van der Waals surface area contributed by atoms with Crippen molar-refractivity contribution in [2.24, 2.45) is 0 Å². The van der Waals surface area contributed by atoms with E-state index in [1.54, 1.807) is 24.6 Å². The van der Waals surface area contributed by atoms with Gasteiger partial charge in [0.25, 0.3) is 5.91 Å². The molecule has 0 aliphatic carbocycles. The normalized spacial score (nSPS) is 11.4. The fourth-order valence-corrected chi connectivity index (χ4v) is 2.21. The van der Waals surface area contributed by atoms with Crippen LogP contribution in [0.25, 0.3) is 0 Å². The van der Waals surface area contributed by atoms with Gasteiger partial charge in [-0.25, -0.2) is 4.79 Å². The zero-order valence-corrected chi connectivity index (χ0v) is 12.1. The molecule has 0 aliphatic rings. The van der Waals surface area contributed by atoms with Crippen molar-refractivity contribution in [2.45, 2.75) is 45.7 Å². The van der Waals surface area contributed by atoms with Crippen LogP contribution in [0.5, 0.6) is 0 Å². The summed E-state index contributed by atoms with van der Waals surface area (Å²) in [5.41, 5.74) is -0.855. The number of carboxylic acids is 1. The van der Waals surface area contributed by atoms with Crippen molar-refractivity contribution in [1.82, 2.24) is 9.88 Å². The number of nitrogens with one attached hydrogen (secondary N) is 1. The van der Waals surface area contributed by atoms with E-state index in [1.165, 1.54) is 6.07 Å². The van der Waals surface area contributed by atoms with Gasteiger partial charge >= 0.3 is 5.97 Å². The van der Waals surface area contributed by atoms with E-state index in [1.807, 2.05) is 6.92 Å². The highest BCUT2D eigenvalue weighted by molar-refractivity contribution is 6.31. The predicted octanol–water partition coefficient (Wildman–Crippen LogP) is 2.53. The van der Waals surface area contributed by atoms with Gasteiger partial charge in [-0.1, -0.05) is 25.4 Å². The Bertz CT molecular complexity index is 478. The van der Waals surface area contributed by atoms with Gasteiger partial charge in [0.15, 0.2) is 0 Å². The molecule has 0 aromatic carbocycles. The molecule has 1 amide bonds. The largest absolute Gasteiger partial charge is 0.480 e. The van der Waals surface area contributed by atoms with E-state index < -0.39 is 17.4 Å². The molecule has 6 heteroatoms. The molecule has 106 valence electrons. The Kier molecular flexibility index (Phi) is 5.00. The zero-order valence-electron chi connectivity index (χ0n) is 11.4. The molecule has 0 aliphatic heterocycles. The van der Waals surface area contributed by atoms with Gasteiger partial charge in [-0.15, -0.1) is 0 Å². The first-order valence-corrected chi connectivity index (χ1v) is 6.69. The third-order valence-corrected chi connectivity index (χ3v) is 3.61. The summed E-state index contributed by atoms with van der Waals surface area (Å²) < 4.78 is 1.69. The number of amides is 1. The molecule has 0 saturated heterocycles. The molecule has 1 aromatic heterocycles. The van der Waals surface area contributed by atoms with E-state index in [0.29, 0.717) is 30.1 Å². The SMILES string of the molecule is CCn1cc(Cl)cc1C(=O)NC(CC)(CC)C(=O)O. The Morgan fingerprint density at radius 1 is 1.37 bits per heavy atom. The van der Waals surface area contributed by atoms with Gasteiger partial charge in [0, 0.05) is 12.7 Å². The number of nitrogens with zero attached hydrogens (tertiary/aromatic N) is 1. The van der Waals surface area contributed by atoms with Gasteiger partial charge in [0.1, 0.15) is 11.2 Å². The summed E-state index contributed by atoms with van der Waals surface area (Å²) in [6.07, 6.45) is 2.30. The summed E-state index contributed by atoms with van der Waals surface area (Å²) in [4.78, 5) is 23.6. The minimum atomic E-state index is -1.23. The lowest BCUT2D eigenvalue weighted by Gasteiger charge is -2.28. The minimum Gasteiger partial charge on any atom is -0.480 e. The second kappa shape index (κ2) is 6.10. The Labute approximate surface area is 117 Å². The van der Waals surface area contributed by atoms with Crippen LogP contribution < -0.4 is 5.32 Å². The molecule has 1 heterocycles. The molecule has 1 aromatic rings. The summed E-state index contributed by atoms with van der Waals surface area (Å²) in [7, 11) is 0. The maximum atomic E-state index is 12.2. The van der Waals surface area contributed by atoms with Crippen LogP contribution in [0.1, 0.15) is 44.1 Å². The summed E-state index contributed by atoms with van der Waals surface area (Å²) >= 11 is 5.87. The maximum Gasteiger partial charge on any atom is 0.329 e. The number of aliphatic carboxylic acids is 1. The quantitative estimate of drug-likeness (QED) is 0.844. The predicted molar refractivity (Wildman–Crippen MR) is 73.5 cm³/mol. The van der Waals surface area contributed by atoms with Crippen molar-refractivity contribution in [1.29, 1.82) is 0 Å². The van der Waals surface area contributed by atoms with Crippen molar-refractivity contribution < 1.29 is 14.7 Å². The fraction of sp³-hybridized carbons (Fsp3) is 0.538. The van der Waals surface area contributed by atoms with E-state index in [9.17, 15) is 14.7 Å². The van der Waals surface area contributed by atoms with Crippen molar-refractivity contribution in [2.75, 3.05) is 0 Å². The van der Waals surface area contributed by atoms with Crippen LogP contribution in [-0.2, 0) is 11.3 Å². The minimum absolute atomic E-state index is 0.325. The number of carbonyl (C=O) groups is 2. The van der Waals surface area contributed by atoms with Gasteiger partial charge in [-0.3, -0.25) is 4.79 Å². The zero-order chi connectivity index (χ0) is 14.6. The van der Waals surface area contributed by atoms with Crippen LogP contribution in [0.2, 0.25) is 5.02 Å². The third-order valence-electron chi connectivity index (χ3n) is 3.41. The van der Waals surface area contributed by atoms with Crippen LogP contribution in [0.3, 0.4) is 0 Å². The molecule has 1 rings (SSSR count). The average molecular weight is 287 g/mol. The Balaban J connectivity index is 3.03. The number of carbonyl (C=O) groups excluding carboxylic acids is 1. The lowest BCUT2D eigenvalue weighted by Crippen LogP contribution is -2.54. The van der Waals surface area contributed by atoms with Gasteiger partial charge in [0.05, 0.1) is 5.02 Å². The first-order valence-electron chi connectivity index (χ1n) is 6.31. The highest BCUT2D eigenvalue weighted by Gasteiger charge is 2.37. The summed E-state index contributed by atoms with van der Waals surface area (Å²) in [6, 6.07) is 1.54. The highest BCUT2D eigenvalue weighted by atomic mass is 35.5. The smallest absolute Gasteiger partial charge is 0.329 e. The van der Waals surface area contributed by atoms with Gasteiger partial charge < -0.3 is 15.0 Å². The molecule has 0 spiro atoms. The monoisotopic (exact) mass is 286 g/mol. The van der Waals surface area contributed by atoms with Crippen molar-refractivity contribution in [3.63, 3.8) is 0 Å². The lowest BCUT2D eigenvalue weighted by atomic mass is 9.93. The first kappa shape index (κ1) is 15.6. The van der Waals surface area contributed by atoms with E-state index >= 15 is 0 Å². The lowest BCUT2D eigenvalue weighted by molar-refractivity contribution is -0.144. The number of carboxylic acid groups (broad SMARTS) is 1. The van der Waals surface area contributed by atoms with E-state index in [4.69, 9.17) is 11.6 Å². The Hall–Kier alpha value is -1.49. The molecule has 0 radical (unpaired) electrons. The highest BCUT2D eigenvalue weighted by Crippen LogP contribution is 2.19. The maximum absolute atomic E-state index is 12.2. The number of halogens is 1. The second-order valence-corrected chi connectivity index (χ2v) is 4.81. The Morgan fingerprint density at radius 3 is 2.37 bits per heavy atom. The number of aromatic nitrogens is 1. The third kappa shape index (κ3) is 3.10. The summed E-state index contributed by atoms with van der Waals surface area (Å²) in [5.74, 6) is -1.44. The summed E-state index contributed by atoms with van der Waals surface area (Å²) in [5, 5.41) is 12.4. The molecular weight excluding hydrogens is 268 g/mol. The summed E-state index contributed by atoms with van der Waals surface area (Å²) in [6.45, 7) is 5.96. The molecule has 0 unspecified atom stereocenters. The van der Waals surface area contributed by atoms with Crippen LogP contribution >= 0.6 is 11.6 Å². The molecule has 5 nitrogen and oxygen atoms in total. The van der Waals surface area contributed by atoms with E-state index in [2.05, 4.69) is 5.32 Å².